The lowest BCUT2D eigenvalue weighted by molar-refractivity contribution is -0.122. The van der Waals surface area contributed by atoms with E-state index in [0.717, 1.165) is 25.9 Å². The Labute approximate surface area is 140 Å². The minimum absolute atomic E-state index is 0. The summed E-state index contributed by atoms with van der Waals surface area (Å²) in [7, 11) is 0. The molecule has 3 nitrogen and oxygen atoms in total. The van der Waals surface area contributed by atoms with Crippen molar-refractivity contribution in [3.63, 3.8) is 0 Å². The van der Waals surface area contributed by atoms with Crippen molar-refractivity contribution < 1.29 is 18.6 Å². The lowest BCUT2D eigenvalue weighted by Gasteiger charge is -2.18. The zero-order valence-electron chi connectivity index (χ0n) is 14.0. The third-order valence-corrected chi connectivity index (χ3v) is 5.33. The molecule has 1 aromatic carbocycles. The second-order valence-electron chi connectivity index (χ2n) is 6.82. The lowest BCUT2D eigenvalue weighted by atomic mass is 10.0. The molecule has 1 fully saturated rings. The first kappa shape index (κ1) is 15.8. The Kier molecular flexibility index (Phi) is 4.74. The smallest absolute Gasteiger partial charge is 1.00 e. The molecule has 0 spiro atoms. The molecule has 0 aromatic heterocycles. The van der Waals surface area contributed by atoms with Gasteiger partial charge in [-0.1, -0.05) is 12.1 Å². The first-order valence-electron chi connectivity index (χ1n) is 8.46. The molecule has 4 rings (SSSR count). The third-order valence-electron chi connectivity index (χ3n) is 5.33. The Hall–Kier alpha value is -1.06. The van der Waals surface area contributed by atoms with E-state index in [1.807, 2.05) is 0 Å². The SMILES string of the molecule is O=C(CN1CCCC1)NC1CCc2cc3c(cc21)CCC3.[Cl-].[H+]. The van der Waals surface area contributed by atoms with Gasteiger partial charge < -0.3 is 17.7 Å². The second-order valence-corrected chi connectivity index (χ2v) is 6.82. The van der Waals surface area contributed by atoms with Crippen LogP contribution in [0.5, 0.6) is 0 Å². The summed E-state index contributed by atoms with van der Waals surface area (Å²) < 4.78 is 0. The van der Waals surface area contributed by atoms with E-state index in [1.165, 1.54) is 48.8 Å². The Morgan fingerprint density at radius 2 is 1.82 bits per heavy atom. The van der Waals surface area contributed by atoms with E-state index in [9.17, 15) is 4.79 Å². The first-order valence-corrected chi connectivity index (χ1v) is 8.46. The summed E-state index contributed by atoms with van der Waals surface area (Å²) in [5, 5.41) is 3.27. The van der Waals surface area contributed by atoms with Crippen LogP contribution in [0.15, 0.2) is 12.1 Å². The van der Waals surface area contributed by atoms with E-state index in [-0.39, 0.29) is 25.8 Å². The summed E-state index contributed by atoms with van der Waals surface area (Å²) >= 11 is 0. The van der Waals surface area contributed by atoms with E-state index >= 15 is 0 Å². The average molecular weight is 321 g/mol. The molecular formula is C18H25ClN2O. The maximum absolute atomic E-state index is 12.2. The predicted octanol–water partition coefficient (Wildman–Crippen LogP) is -0.509. The molecule has 4 heteroatoms. The number of amides is 1. The van der Waals surface area contributed by atoms with Crippen LogP contribution in [0.25, 0.3) is 0 Å². The van der Waals surface area contributed by atoms with Crippen molar-refractivity contribution in [3.05, 3.63) is 34.4 Å². The Morgan fingerprint density at radius 1 is 1.09 bits per heavy atom. The van der Waals surface area contributed by atoms with Crippen LogP contribution in [0.2, 0.25) is 0 Å². The van der Waals surface area contributed by atoms with Gasteiger partial charge in [-0.2, -0.15) is 0 Å². The molecule has 1 amide bonds. The minimum atomic E-state index is 0. The summed E-state index contributed by atoms with van der Waals surface area (Å²) in [5.74, 6) is 0.204. The molecule has 22 heavy (non-hydrogen) atoms. The number of carbonyl (C=O) groups excluding carboxylic acids is 1. The Morgan fingerprint density at radius 3 is 2.59 bits per heavy atom. The number of hydrogen-bond acceptors (Lipinski definition) is 2. The number of likely N-dealkylation sites (tertiary alicyclic amines) is 1. The van der Waals surface area contributed by atoms with E-state index in [0.29, 0.717) is 6.54 Å². The van der Waals surface area contributed by atoms with Crippen molar-refractivity contribution in [2.45, 2.75) is 51.0 Å². The van der Waals surface area contributed by atoms with E-state index < -0.39 is 0 Å². The molecule has 1 atom stereocenters. The van der Waals surface area contributed by atoms with Gasteiger partial charge in [-0.15, -0.1) is 0 Å². The molecule has 1 N–H and O–H groups in total. The molecule has 120 valence electrons. The fraction of sp³-hybridized carbons (Fsp3) is 0.611. The molecule has 1 aromatic rings. The fourth-order valence-corrected chi connectivity index (χ4v) is 4.22. The highest BCUT2D eigenvalue weighted by Crippen LogP contribution is 2.36. The third kappa shape index (κ3) is 3.02. The number of nitrogens with zero attached hydrogens (tertiary/aromatic N) is 1. The zero-order valence-corrected chi connectivity index (χ0v) is 13.8. The molecule has 1 aliphatic heterocycles. The highest BCUT2D eigenvalue weighted by molar-refractivity contribution is 5.78. The molecular weight excluding hydrogens is 296 g/mol. The van der Waals surface area contributed by atoms with Gasteiger partial charge in [0.15, 0.2) is 0 Å². The van der Waals surface area contributed by atoms with Gasteiger partial charge in [-0.3, -0.25) is 9.69 Å². The van der Waals surface area contributed by atoms with Crippen molar-refractivity contribution in [3.8, 4) is 0 Å². The van der Waals surface area contributed by atoms with Gasteiger partial charge in [0.1, 0.15) is 0 Å². The first-order chi connectivity index (χ1) is 10.3. The quantitative estimate of drug-likeness (QED) is 0.814. The monoisotopic (exact) mass is 320 g/mol. The molecule has 1 heterocycles. The van der Waals surface area contributed by atoms with Crippen molar-refractivity contribution in [2.75, 3.05) is 19.6 Å². The van der Waals surface area contributed by atoms with Crippen LogP contribution < -0.4 is 17.7 Å². The fourth-order valence-electron chi connectivity index (χ4n) is 4.22. The molecule has 3 aliphatic rings. The zero-order chi connectivity index (χ0) is 14.2. The molecule has 0 saturated carbocycles. The number of hydrogen-bond donors (Lipinski definition) is 1. The number of carbonyl (C=O) groups is 1. The molecule has 1 saturated heterocycles. The molecule has 0 radical (unpaired) electrons. The maximum atomic E-state index is 12.2. The van der Waals surface area contributed by atoms with Crippen LogP contribution in [0.4, 0.5) is 0 Å². The number of nitrogens with one attached hydrogen (secondary N) is 1. The summed E-state index contributed by atoms with van der Waals surface area (Å²) in [6.07, 6.45) is 8.44. The van der Waals surface area contributed by atoms with Crippen molar-refractivity contribution in [1.82, 2.24) is 10.2 Å². The lowest BCUT2D eigenvalue weighted by Crippen LogP contribution is -3.00. The average Bonchev–Trinajstić information content (AvgIpc) is 3.18. The maximum Gasteiger partial charge on any atom is 1.00 e. The van der Waals surface area contributed by atoms with Gasteiger partial charge in [-0.25, -0.2) is 0 Å². The van der Waals surface area contributed by atoms with E-state index in [1.54, 1.807) is 5.56 Å². The number of aryl methyl sites for hydroxylation is 3. The highest BCUT2D eigenvalue weighted by atomic mass is 35.5. The van der Waals surface area contributed by atoms with Crippen LogP contribution in [0.3, 0.4) is 0 Å². The van der Waals surface area contributed by atoms with Gasteiger partial charge in [0.05, 0.1) is 12.6 Å². The Bertz CT molecular complexity index is 572. The van der Waals surface area contributed by atoms with Gasteiger partial charge >= 0.3 is 1.43 Å². The second kappa shape index (κ2) is 6.59. The van der Waals surface area contributed by atoms with Crippen LogP contribution >= 0.6 is 0 Å². The summed E-state index contributed by atoms with van der Waals surface area (Å²) in [4.78, 5) is 14.5. The number of rotatable bonds is 3. The van der Waals surface area contributed by atoms with Crippen molar-refractivity contribution in [2.24, 2.45) is 0 Å². The molecule has 1 unspecified atom stereocenters. The van der Waals surface area contributed by atoms with Gasteiger partial charge in [-0.05, 0) is 80.3 Å². The highest BCUT2D eigenvalue weighted by Gasteiger charge is 2.27. The molecule has 2 aliphatic carbocycles. The summed E-state index contributed by atoms with van der Waals surface area (Å²) in [6.45, 7) is 2.75. The topological polar surface area (TPSA) is 32.3 Å². The summed E-state index contributed by atoms with van der Waals surface area (Å²) in [5.41, 5.74) is 5.94. The molecule has 0 bridgehead atoms. The number of fused-ring (bicyclic) bond motifs is 2. The largest absolute Gasteiger partial charge is 1.00 e. The van der Waals surface area contributed by atoms with Crippen LogP contribution in [0, 0.1) is 0 Å². The number of benzene rings is 1. The van der Waals surface area contributed by atoms with Gasteiger partial charge in [0, 0.05) is 0 Å². The van der Waals surface area contributed by atoms with E-state index in [2.05, 4.69) is 22.3 Å². The summed E-state index contributed by atoms with van der Waals surface area (Å²) in [6, 6.07) is 5.04. The predicted molar refractivity (Wildman–Crippen MR) is 84.5 cm³/mol. The van der Waals surface area contributed by atoms with Crippen molar-refractivity contribution in [1.29, 1.82) is 0 Å². The van der Waals surface area contributed by atoms with Gasteiger partial charge in [0.2, 0.25) is 5.91 Å². The van der Waals surface area contributed by atoms with Crippen molar-refractivity contribution >= 4 is 5.91 Å². The normalized spacial score (nSPS) is 23.0. The van der Waals surface area contributed by atoms with E-state index in [4.69, 9.17) is 0 Å². The number of halogens is 1. The van der Waals surface area contributed by atoms with Crippen LogP contribution in [-0.2, 0) is 24.1 Å². The standard InChI is InChI=1S/C18H24N2O.ClH/c21-18(12-20-8-1-2-9-20)19-17-7-6-15-10-13-4-3-5-14(13)11-16(15)17;/h10-11,17H,1-9,12H2,(H,19,21);1H. The van der Waals surface area contributed by atoms with Gasteiger partial charge in [0.25, 0.3) is 0 Å². The van der Waals surface area contributed by atoms with Crippen LogP contribution in [-0.4, -0.2) is 30.4 Å². The van der Waals surface area contributed by atoms with Crippen LogP contribution in [0.1, 0.15) is 55.4 Å². The Balaban J connectivity index is 0.000000960. The minimum Gasteiger partial charge on any atom is -1.00 e.